The number of hydrogen-bond acceptors (Lipinski definition) is 4. The van der Waals surface area contributed by atoms with Crippen molar-refractivity contribution in [2.24, 2.45) is 0 Å². The second-order valence-electron chi connectivity index (χ2n) is 3.50. The van der Waals surface area contributed by atoms with Crippen molar-refractivity contribution >= 4 is 0 Å². The van der Waals surface area contributed by atoms with Crippen LogP contribution in [0.3, 0.4) is 0 Å². The van der Waals surface area contributed by atoms with Gasteiger partial charge >= 0.3 is 6.48 Å². The molecule has 0 aliphatic heterocycles. The number of benzene rings is 1. The molecule has 0 N–H and O–H groups in total. The van der Waals surface area contributed by atoms with Crippen LogP contribution in [0.25, 0.3) is 0 Å². The van der Waals surface area contributed by atoms with Crippen LogP contribution in [-0.4, -0.2) is 20.7 Å². The summed E-state index contributed by atoms with van der Waals surface area (Å²) in [7, 11) is 3.15. The highest BCUT2D eigenvalue weighted by atomic mass is 16.8. The molecule has 0 bridgehead atoms. The summed E-state index contributed by atoms with van der Waals surface area (Å²) in [6, 6.07) is 7.60. The van der Waals surface area contributed by atoms with Crippen LogP contribution >= 0.6 is 0 Å². The van der Waals surface area contributed by atoms with E-state index in [9.17, 15) is 0 Å². The van der Waals surface area contributed by atoms with Crippen molar-refractivity contribution in [1.29, 1.82) is 0 Å². The molecule has 1 rings (SSSR count). The van der Waals surface area contributed by atoms with E-state index in [1.807, 2.05) is 24.3 Å². The van der Waals surface area contributed by atoms with Gasteiger partial charge in [-0.1, -0.05) is 18.7 Å². The number of allylic oxidation sites excluding steroid dienone is 1. The summed E-state index contributed by atoms with van der Waals surface area (Å²) in [5, 5.41) is 0. The Hall–Kier alpha value is -1.52. The third kappa shape index (κ3) is 4.89. The Kier molecular flexibility index (Phi) is 5.52. The Morgan fingerprint density at radius 1 is 1.24 bits per heavy atom. The summed E-state index contributed by atoms with van der Waals surface area (Å²) >= 11 is 0. The zero-order valence-electron chi connectivity index (χ0n) is 10.4. The molecule has 0 heterocycles. The van der Waals surface area contributed by atoms with E-state index < -0.39 is 6.48 Å². The molecule has 0 amide bonds. The predicted octanol–water partition coefficient (Wildman–Crippen LogP) is 2.69. The first-order chi connectivity index (χ1) is 8.15. The van der Waals surface area contributed by atoms with E-state index in [1.54, 1.807) is 14.0 Å². The van der Waals surface area contributed by atoms with E-state index in [0.717, 1.165) is 11.3 Å². The molecule has 1 atom stereocenters. The Bertz CT molecular complexity index is 345. The first kappa shape index (κ1) is 13.5. The first-order valence-corrected chi connectivity index (χ1v) is 5.25. The molecule has 4 nitrogen and oxygen atoms in total. The lowest BCUT2D eigenvalue weighted by molar-refractivity contribution is -0.264. The number of hydrogen-bond donors (Lipinski definition) is 0. The van der Waals surface area contributed by atoms with Gasteiger partial charge in [-0.05, 0) is 24.6 Å². The van der Waals surface area contributed by atoms with Crippen LogP contribution in [-0.2, 0) is 20.8 Å². The molecule has 17 heavy (non-hydrogen) atoms. The van der Waals surface area contributed by atoms with Crippen LogP contribution in [0.15, 0.2) is 36.6 Å². The maximum absolute atomic E-state index is 5.42. The van der Waals surface area contributed by atoms with E-state index >= 15 is 0 Å². The normalized spacial score (nSPS) is 11.9. The minimum absolute atomic E-state index is 0.399. The highest BCUT2D eigenvalue weighted by Crippen LogP contribution is 2.13. The molecular weight excluding hydrogens is 220 g/mol. The van der Waals surface area contributed by atoms with Crippen molar-refractivity contribution in [3.8, 4) is 5.75 Å². The molecule has 0 spiro atoms. The van der Waals surface area contributed by atoms with Gasteiger partial charge < -0.3 is 18.9 Å². The third-order valence-corrected chi connectivity index (χ3v) is 2.03. The predicted molar refractivity (Wildman–Crippen MR) is 64.5 cm³/mol. The van der Waals surface area contributed by atoms with Gasteiger partial charge in [0, 0.05) is 7.11 Å². The van der Waals surface area contributed by atoms with Crippen molar-refractivity contribution in [2.45, 2.75) is 20.0 Å². The fourth-order valence-electron chi connectivity index (χ4n) is 1.20. The van der Waals surface area contributed by atoms with Crippen molar-refractivity contribution in [1.82, 2.24) is 0 Å². The lowest BCUT2D eigenvalue weighted by atomic mass is 10.2. The van der Waals surface area contributed by atoms with Gasteiger partial charge in [0.05, 0.1) is 19.5 Å². The largest absolute Gasteiger partial charge is 0.497 e. The summed E-state index contributed by atoms with van der Waals surface area (Å²) < 4.78 is 20.7. The van der Waals surface area contributed by atoms with E-state index in [-0.39, 0.29) is 0 Å². The summed E-state index contributed by atoms with van der Waals surface area (Å²) in [6.45, 7) is 5.03. The standard InChI is InChI=1S/C13H18O4/c1-10(2)17-13(15-4)16-9-11-5-7-12(14-3)8-6-11/h5-8,13H,1,9H2,2-4H3. The van der Waals surface area contributed by atoms with Gasteiger partial charge in [0.15, 0.2) is 0 Å². The molecule has 94 valence electrons. The summed E-state index contributed by atoms with van der Waals surface area (Å²) in [5.74, 6) is 1.36. The Balaban J connectivity index is 2.44. The van der Waals surface area contributed by atoms with Gasteiger partial charge in [0.25, 0.3) is 0 Å². The van der Waals surface area contributed by atoms with E-state index in [1.165, 1.54) is 7.11 Å². The zero-order chi connectivity index (χ0) is 12.7. The second-order valence-corrected chi connectivity index (χ2v) is 3.50. The average molecular weight is 238 g/mol. The van der Waals surface area contributed by atoms with Crippen LogP contribution in [0, 0.1) is 0 Å². The molecule has 1 unspecified atom stereocenters. The van der Waals surface area contributed by atoms with Crippen molar-refractivity contribution in [3.05, 3.63) is 42.2 Å². The molecular formula is C13H18O4. The van der Waals surface area contributed by atoms with Crippen LogP contribution in [0.2, 0.25) is 0 Å². The number of methoxy groups -OCH3 is 2. The van der Waals surface area contributed by atoms with Crippen LogP contribution in [0.1, 0.15) is 12.5 Å². The maximum atomic E-state index is 5.42. The third-order valence-electron chi connectivity index (χ3n) is 2.03. The average Bonchev–Trinajstić information content (AvgIpc) is 2.34. The molecule has 0 aliphatic carbocycles. The van der Waals surface area contributed by atoms with E-state index in [4.69, 9.17) is 18.9 Å². The van der Waals surface area contributed by atoms with Gasteiger partial charge in [-0.2, -0.15) is 0 Å². The van der Waals surface area contributed by atoms with Crippen LogP contribution < -0.4 is 4.74 Å². The molecule has 1 aromatic carbocycles. The quantitative estimate of drug-likeness (QED) is 0.540. The highest BCUT2D eigenvalue weighted by Gasteiger charge is 2.08. The summed E-state index contributed by atoms with van der Waals surface area (Å²) in [4.78, 5) is 0. The molecule has 4 heteroatoms. The lowest BCUT2D eigenvalue weighted by Crippen LogP contribution is -2.18. The van der Waals surface area contributed by atoms with Crippen molar-refractivity contribution < 1.29 is 18.9 Å². The fourth-order valence-corrected chi connectivity index (χ4v) is 1.20. The minimum atomic E-state index is -0.727. The summed E-state index contributed by atoms with van der Waals surface area (Å²) in [6.07, 6.45) is 0. The Morgan fingerprint density at radius 2 is 1.88 bits per heavy atom. The molecule has 0 fully saturated rings. The fraction of sp³-hybridized carbons (Fsp3) is 0.385. The smallest absolute Gasteiger partial charge is 0.315 e. The SMILES string of the molecule is C=C(C)OC(OC)OCc1ccc(OC)cc1. The van der Waals surface area contributed by atoms with E-state index in [0.29, 0.717) is 12.4 Å². The van der Waals surface area contributed by atoms with E-state index in [2.05, 4.69) is 6.58 Å². The topological polar surface area (TPSA) is 36.9 Å². The molecule has 0 saturated heterocycles. The monoisotopic (exact) mass is 238 g/mol. The number of rotatable bonds is 7. The van der Waals surface area contributed by atoms with Gasteiger partial charge in [0.1, 0.15) is 5.75 Å². The molecule has 1 aromatic rings. The van der Waals surface area contributed by atoms with Crippen LogP contribution in [0.5, 0.6) is 5.75 Å². The van der Waals surface area contributed by atoms with Gasteiger partial charge in [-0.3, -0.25) is 0 Å². The van der Waals surface area contributed by atoms with Gasteiger partial charge in [-0.15, -0.1) is 0 Å². The van der Waals surface area contributed by atoms with Crippen molar-refractivity contribution in [2.75, 3.05) is 14.2 Å². The zero-order valence-corrected chi connectivity index (χ0v) is 10.4. The molecule has 0 aromatic heterocycles. The van der Waals surface area contributed by atoms with Gasteiger partial charge in [0.2, 0.25) is 0 Å². The Morgan fingerprint density at radius 3 is 2.35 bits per heavy atom. The van der Waals surface area contributed by atoms with Gasteiger partial charge in [-0.25, -0.2) is 0 Å². The molecule has 0 aliphatic rings. The van der Waals surface area contributed by atoms with Crippen LogP contribution in [0.4, 0.5) is 0 Å². The molecule has 0 radical (unpaired) electrons. The van der Waals surface area contributed by atoms with Crippen molar-refractivity contribution in [3.63, 3.8) is 0 Å². The summed E-state index contributed by atoms with van der Waals surface area (Å²) in [5.41, 5.74) is 1.01. The minimum Gasteiger partial charge on any atom is -0.497 e. The second kappa shape index (κ2) is 6.93. The first-order valence-electron chi connectivity index (χ1n) is 5.25. The lowest BCUT2D eigenvalue weighted by Gasteiger charge is -2.17. The maximum Gasteiger partial charge on any atom is 0.315 e. The number of ether oxygens (including phenoxy) is 4. The molecule has 0 saturated carbocycles. The Labute approximate surface area is 102 Å². The highest BCUT2D eigenvalue weighted by molar-refractivity contribution is 5.26.